The number of aliphatic hydroxyl groups is 1. The van der Waals surface area contributed by atoms with E-state index in [2.05, 4.69) is 25.7 Å². The van der Waals surface area contributed by atoms with Crippen LogP contribution in [0.3, 0.4) is 0 Å². The second-order valence-electron chi connectivity index (χ2n) is 5.44. The van der Waals surface area contributed by atoms with Crippen molar-refractivity contribution in [3.63, 3.8) is 0 Å². The van der Waals surface area contributed by atoms with Crippen LogP contribution in [0.25, 0.3) is 0 Å². The number of rotatable bonds is 7. The van der Waals surface area contributed by atoms with Gasteiger partial charge in [-0.1, -0.05) is 28.1 Å². The predicted molar refractivity (Wildman–Crippen MR) is 87.7 cm³/mol. The smallest absolute Gasteiger partial charge is 0.162 e. The molecule has 1 heterocycles. The van der Waals surface area contributed by atoms with Crippen molar-refractivity contribution in [2.75, 3.05) is 45.9 Å². The Morgan fingerprint density at radius 1 is 1.05 bits per heavy atom. The number of carbonyl (C=O) groups excluding carboxylic acids is 1. The van der Waals surface area contributed by atoms with E-state index in [0.29, 0.717) is 6.42 Å². The molecule has 1 aromatic carbocycles. The zero-order valence-corrected chi connectivity index (χ0v) is 13.9. The molecule has 0 bridgehead atoms. The second kappa shape index (κ2) is 8.63. The van der Waals surface area contributed by atoms with Gasteiger partial charge in [-0.25, -0.2) is 0 Å². The van der Waals surface area contributed by atoms with Gasteiger partial charge in [0.25, 0.3) is 0 Å². The molecule has 1 aliphatic rings. The maximum Gasteiger partial charge on any atom is 0.162 e. The van der Waals surface area contributed by atoms with E-state index in [1.165, 1.54) is 0 Å². The van der Waals surface area contributed by atoms with Crippen LogP contribution >= 0.6 is 15.9 Å². The first-order valence-corrected chi connectivity index (χ1v) is 8.32. The van der Waals surface area contributed by atoms with E-state index in [9.17, 15) is 4.79 Å². The summed E-state index contributed by atoms with van der Waals surface area (Å²) in [5.41, 5.74) is 0.797. The standard InChI is InChI=1S/C16H23BrN2O2/c17-15-5-3-14(4-6-15)16(21)2-1-7-18-8-10-19(11-9-18)12-13-20/h3-6,20H,1-2,7-13H2. The SMILES string of the molecule is O=C(CCCN1CCN(CCO)CC1)c1ccc(Br)cc1. The molecular weight excluding hydrogens is 332 g/mol. The van der Waals surface area contributed by atoms with Gasteiger partial charge in [-0.3, -0.25) is 9.69 Å². The number of halogens is 1. The van der Waals surface area contributed by atoms with Gasteiger partial charge in [0.2, 0.25) is 0 Å². The highest BCUT2D eigenvalue weighted by Crippen LogP contribution is 2.13. The Morgan fingerprint density at radius 3 is 2.19 bits per heavy atom. The van der Waals surface area contributed by atoms with Gasteiger partial charge in [0.1, 0.15) is 0 Å². The summed E-state index contributed by atoms with van der Waals surface area (Å²) in [4.78, 5) is 16.8. The minimum atomic E-state index is 0.224. The molecule has 0 spiro atoms. The largest absolute Gasteiger partial charge is 0.395 e. The molecular formula is C16H23BrN2O2. The summed E-state index contributed by atoms with van der Waals surface area (Å²) in [6.07, 6.45) is 1.52. The zero-order chi connectivity index (χ0) is 15.1. The lowest BCUT2D eigenvalue weighted by Crippen LogP contribution is -2.47. The lowest BCUT2D eigenvalue weighted by Gasteiger charge is -2.34. The molecule has 1 saturated heterocycles. The van der Waals surface area contributed by atoms with Gasteiger partial charge in [0.15, 0.2) is 5.78 Å². The van der Waals surface area contributed by atoms with Crippen molar-refractivity contribution in [3.8, 4) is 0 Å². The molecule has 116 valence electrons. The molecule has 1 N–H and O–H groups in total. The molecule has 0 aromatic heterocycles. The number of nitrogens with zero attached hydrogens (tertiary/aromatic N) is 2. The van der Waals surface area contributed by atoms with E-state index in [-0.39, 0.29) is 12.4 Å². The van der Waals surface area contributed by atoms with Gasteiger partial charge >= 0.3 is 0 Å². The predicted octanol–water partition coefficient (Wildman–Crippen LogP) is 2.02. The fourth-order valence-electron chi connectivity index (χ4n) is 2.62. The number of benzene rings is 1. The topological polar surface area (TPSA) is 43.8 Å². The van der Waals surface area contributed by atoms with Gasteiger partial charge in [-0.15, -0.1) is 0 Å². The monoisotopic (exact) mass is 354 g/mol. The average molecular weight is 355 g/mol. The second-order valence-corrected chi connectivity index (χ2v) is 6.36. The molecule has 0 atom stereocenters. The third-order valence-corrected chi connectivity index (χ3v) is 4.45. The van der Waals surface area contributed by atoms with E-state index < -0.39 is 0 Å². The minimum Gasteiger partial charge on any atom is -0.395 e. The third kappa shape index (κ3) is 5.51. The first-order chi connectivity index (χ1) is 10.2. The molecule has 1 aromatic rings. The number of Topliss-reactive ketones (excluding diaryl/α,β-unsaturated/α-hetero) is 1. The van der Waals surface area contributed by atoms with Crippen LogP contribution in [0.5, 0.6) is 0 Å². The summed E-state index contributed by atoms with van der Waals surface area (Å²) in [5.74, 6) is 0.224. The Labute approximate surface area is 134 Å². The van der Waals surface area contributed by atoms with Gasteiger partial charge in [-0.05, 0) is 25.1 Å². The molecule has 4 nitrogen and oxygen atoms in total. The Morgan fingerprint density at radius 2 is 1.62 bits per heavy atom. The van der Waals surface area contributed by atoms with Crippen LogP contribution in [0.4, 0.5) is 0 Å². The van der Waals surface area contributed by atoms with Crippen LogP contribution in [-0.2, 0) is 0 Å². The maximum absolute atomic E-state index is 12.1. The van der Waals surface area contributed by atoms with Gasteiger partial charge in [0.05, 0.1) is 6.61 Å². The quantitative estimate of drug-likeness (QED) is 0.760. The molecule has 0 saturated carbocycles. The van der Waals surface area contributed by atoms with Crippen LogP contribution in [-0.4, -0.2) is 66.6 Å². The molecule has 2 rings (SSSR count). The van der Waals surface area contributed by atoms with Crippen LogP contribution in [0.2, 0.25) is 0 Å². The maximum atomic E-state index is 12.1. The summed E-state index contributed by atoms with van der Waals surface area (Å²) >= 11 is 3.38. The highest BCUT2D eigenvalue weighted by Gasteiger charge is 2.16. The van der Waals surface area contributed by atoms with Gasteiger partial charge < -0.3 is 10.0 Å². The summed E-state index contributed by atoms with van der Waals surface area (Å²) in [6, 6.07) is 7.57. The summed E-state index contributed by atoms with van der Waals surface area (Å²) in [6.45, 7) is 6.09. The number of ketones is 1. The molecule has 0 amide bonds. The molecule has 0 unspecified atom stereocenters. The number of hydrogen-bond acceptors (Lipinski definition) is 4. The summed E-state index contributed by atoms with van der Waals surface area (Å²) in [7, 11) is 0. The Hall–Kier alpha value is -0.750. The van der Waals surface area contributed by atoms with E-state index in [1.54, 1.807) is 0 Å². The van der Waals surface area contributed by atoms with Crippen molar-refractivity contribution >= 4 is 21.7 Å². The molecule has 1 fully saturated rings. The lowest BCUT2D eigenvalue weighted by atomic mass is 10.1. The Balaban J connectivity index is 1.66. The zero-order valence-electron chi connectivity index (χ0n) is 12.3. The highest BCUT2D eigenvalue weighted by atomic mass is 79.9. The molecule has 0 aliphatic carbocycles. The molecule has 0 radical (unpaired) electrons. The number of piperazine rings is 1. The van der Waals surface area contributed by atoms with Crippen molar-refractivity contribution in [2.45, 2.75) is 12.8 Å². The Bertz CT molecular complexity index is 442. The number of aliphatic hydroxyl groups excluding tert-OH is 1. The van der Waals surface area contributed by atoms with Crippen molar-refractivity contribution in [2.24, 2.45) is 0 Å². The van der Waals surface area contributed by atoms with Crippen LogP contribution in [0.15, 0.2) is 28.7 Å². The first-order valence-electron chi connectivity index (χ1n) is 7.53. The van der Waals surface area contributed by atoms with E-state index in [0.717, 1.165) is 55.7 Å². The average Bonchev–Trinajstić information content (AvgIpc) is 2.50. The van der Waals surface area contributed by atoms with Crippen molar-refractivity contribution in [3.05, 3.63) is 34.3 Å². The van der Waals surface area contributed by atoms with Crippen LogP contribution < -0.4 is 0 Å². The van der Waals surface area contributed by atoms with E-state index in [1.807, 2.05) is 24.3 Å². The minimum absolute atomic E-state index is 0.224. The molecule has 5 heteroatoms. The van der Waals surface area contributed by atoms with E-state index >= 15 is 0 Å². The van der Waals surface area contributed by atoms with Crippen molar-refractivity contribution in [1.82, 2.24) is 9.80 Å². The third-order valence-electron chi connectivity index (χ3n) is 3.93. The lowest BCUT2D eigenvalue weighted by molar-refractivity contribution is 0.0949. The fraction of sp³-hybridized carbons (Fsp3) is 0.562. The normalized spacial score (nSPS) is 17.0. The van der Waals surface area contributed by atoms with Crippen molar-refractivity contribution in [1.29, 1.82) is 0 Å². The van der Waals surface area contributed by atoms with Crippen LogP contribution in [0, 0.1) is 0 Å². The van der Waals surface area contributed by atoms with Gasteiger partial charge in [0, 0.05) is 49.2 Å². The summed E-state index contributed by atoms with van der Waals surface area (Å²) < 4.78 is 1.000. The van der Waals surface area contributed by atoms with Gasteiger partial charge in [-0.2, -0.15) is 0 Å². The van der Waals surface area contributed by atoms with Crippen molar-refractivity contribution < 1.29 is 9.90 Å². The highest BCUT2D eigenvalue weighted by molar-refractivity contribution is 9.10. The number of carbonyl (C=O) groups is 1. The van der Waals surface area contributed by atoms with E-state index in [4.69, 9.17) is 5.11 Å². The molecule has 1 aliphatic heterocycles. The number of hydrogen-bond donors (Lipinski definition) is 1. The fourth-order valence-corrected chi connectivity index (χ4v) is 2.89. The van der Waals surface area contributed by atoms with Crippen LogP contribution in [0.1, 0.15) is 23.2 Å². The number of β-amino-alcohol motifs (C(OH)–C–C–N with tert-alkyl or cyclic N) is 1. The molecule has 21 heavy (non-hydrogen) atoms. The summed E-state index contributed by atoms with van der Waals surface area (Å²) in [5, 5.41) is 8.92. The first kappa shape index (κ1) is 16.6. The Kier molecular flexibility index (Phi) is 6.83.